The number of hydrogen-bond acceptors (Lipinski definition) is 6. The van der Waals surface area contributed by atoms with Crippen LogP contribution in [0, 0.1) is 17.2 Å². The quantitative estimate of drug-likeness (QED) is 0.599. The Kier molecular flexibility index (Phi) is 6.79. The number of carbonyl (C=O) groups is 1. The van der Waals surface area contributed by atoms with E-state index < -0.39 is 0 Å². The van der Waals surface area contributed by atoms with Gasteiger partial charge in [-0.2, -0.15) is 5.26 Å². The summed E-state index contributed by atoms with van der Waals surface area (Å²) < 4.78 is 2.16. The van der Waals surface area contributed by atoms with Gasteiger partial charge >= 0.3 is 0 Å². The summed E-state index contributed by atoms with van der Waals surface area (Å²) in [5.74, 6) is 2.45. The van der Waals surface area contributed by atoms with E-state index in [4.69, 9.17) is 0 Å². The van der Waals surface area contributed by atoms with E-state index >= 15 is 0 Å². The molecule has 4 rings (SSSR count). The maximum Gasteiger partial charge on any atom is 0.235 e. The van der Waals surface area contributed by atoms with E-state index in [1.165, 1.54) is 48.7 Å². The van der Waals surface area contributed by atoms with E-state index in [1.54, 1.807) is 11.3 Å². The first-order valence-corrected chi connectivity index (χ1v) is 12.8. The molecule has 8 heteroatoms. The van der Waals surface area contributed by atoms with Gasteiger partial charge in [-0.3, -0.25) is 4.79 Å². The summed E-state index contributed by atoms with van der Waals surface area (Å²) in [6.45, 7) is 5.14. The van der Waals surface area contributed by atoms with Gasteiger partial charge in [0.2, 0.25) is 5.91 Å². The van der Waals surface area contributed by atoms with Gasteiger partial charge in [-0.25, -0.2) is 0 Å². The van der Waals surface area contributed by atoms with Crippen molar-refractivity contribution in [3.8, 4) is 6.07 Å². The minimum atomic E-state index is -0.0878. The number of nitriles is 1. The molecule has 30 heavy (non-hydrogen) atoms. The van der Waals surface area contributed by atoms with Gasteiger partial charge in [0.05, 0.1) is 11.3 Å². The van der Waals surface area contributed by atoms with E-state index in [-0.39, 0.29) is 11.7 Å². The highest BCUT2D eigenvalue weighted by Gasteiger charge is 2.27. The lowest BCUT2D eigenvalue weighted by Crippen LogP contribution is -2.15. The first-order chi connectivity index (χ1) is 14.6. The smallest absolute Gasteiger partial charge is 0.235 e. The van der Waals surface area contributed by atoms with E-state index in [0.29, 0.717) is 22.4 Å². The second-order valence-electron chi connectivity index (χ2n) is 8.24. The molecular weight excluding hydrogens is 414 g/mol. The van der Waals surface area contributed by atoms with Crippen molar-refractivity contribution in [1.29, 1.82) is 5.26 Å². The molecular formula is C22H29N5OS2. The number of hydrogen-bond donors (Lipinski definition) is 1. The van der Waals surface area contributed by atoms with Gasteiger partial charge in [0, 0.05) is 17.3 Å². The number of nitrogens with zero attached hydrogens (tertiary/aromatic N) is 4. The minimum Gasteiger partial charge on any atom is -0.316 e. The lowest BCUT2D eigenvalue weighted by atomic mass is 9.86. The van der Waals surface area contributed by atoms with Crippen LogP contribution in [0.2, 0.25) is 0 Å². The molecule has 2 heterocycles. The zero-order valence-corrected chi connectivity index (χ0v) is 19.4. The van der Waals surface area contributed by atoms with Crippen molar-refractivity contribution in [2.24, 2.45) is 5.92 Å². The maximum absolute atomic E-state index is 12.7. The number of nitrogens with one attached hydrogen (secondary N) is 1. The lowest BCUT2D eigenvalue weighted by Gasteiger charge is -2.20. The van der Waals surface area contributed by atoms with E-state index in [2.05, 4.69) is 40.0 Å². The molecule has 0 radical (unpaired) electrons. The fraction of sp³-hybridized carbons (Fsp3) is 0.636. The number of aromatic nitrogens is 3. The van der Waals surface area contributed by atoms with Crippen LogP contribution in [-0.2, 0) is 24.2 Å². The Balaban J connectivity index is 1.41. The van der Waals surface area contributed by atoms with Crippen molar-refractivity contribution in [2.45, 2.75) is 82.8 Å². The molecule has 1 fully saturated rings. The Hall–Kier alpha value is -1.85. The van der Waals surface area contributed by atoms with Crippen LogP contribution < -0.4 is 5.32 Å². The summed E-state index contributed by atoms with van der Waals surface area (Å²) in [6.07, 6.45) is 9.16. The normalized spacial score (nSPS) is 18.9. The zero-order chi connectivity index (χ0) is 21.1. The molecule has 1 N–H and O–H groups in total. The number of carbonyl (C=O) groups excluding carboxylic acids is 1. The van der Waals surface area contributed by atoms with Gasteiger partial charge < -0.3 is 9.88 Å². The van der Waals surface area contributed by atoms with Crippen LogP contribution in [0.4, 0.5) is 5.00 Å². The monoisotopic (exact) mass is 443 g/mol. The lowest BCUT2D eigenvalue weighted by molar-refractivity contribution is -0.113. The summed E-state index contributed by atoms with van der Waals surface area (Å²) in [4.78, 5) is 13.9. The predicted octanol–water partition coefficient (Wildman–Crippen LogP) is 5.13. The number of thiophene rings is 1. The minimum absolute atomic E-state index is 0.0878. The standard InChI is InChI=1S/C22H29N5OS2/c1-3-14-9-10-16-17(12-23)21(30-18(16)11-14)24-19(28)13-29-22-26-25-20(27(22)4-2)15-7-5-6-8-15/h14-15H,3-11,13H2,1-2H3,(H,24,28). The highest BCUT2D eigenvalue weighted by molar-refractivity contribution is 7.99. The number of fused-ring (bicyclic) bond motifs is 1. The zero-order valence-electron chi connectivity index (χ0n) is 17.7. The molecule has 1 amide bonds. The van der Waals surface area contributed by atoms with Crippen molar-refractivity contribution in [3.63, 3.8) is 0 Å². The predicted molar refractivity (Wildman–Crippen MR) is 121 cm³/mol. The first kappa shape index (κ1) is 21.4. The second-order valence-corrected chi connectivity index (χ2v) is 10.3. The van der Waals surface area contributed by atoms with Crippen LogP contribution >= 0.6 is 23.1 Å². The van der Waals surface area contributed by atoms with Crippen molar-refractivity contribution >= 4 is 34.0 Å². The van der Waals surface area contributed by atoms with Crippen LogP contribution in [0.1, 0.15) is 80.1 Å². The van der Waals surface area contributed by atoms with Gasteiger partial charge in [0.15, 0.2) is 5.16 Å². The summed E-state index contributed by atoms with van der Waals surface area (Å²) in [6, 6.07) is 2.33. The van der Waals surface area contributed by atoms with Crippen LogP contribution in [-0.4, -0.2) is 26.4 Å². The molecule has 0 saturated heterocycles. The molecule has 0 bridgehead atoms. The highest BCUT2D eigenvalue weighted by atomic mass is 32.2. The highest BCUT2D eigenvalue weighted by Crippen LogP contribution is 2.40. The SMILES string of the molecule is CCC1CCc2c(sc(NC(=O)CSc3nnc(C4CCCC4)n3CC)c2C#N)C1. The van der Waals surface area contributed by atoms with Crippen LogP contribution in [0.25, 0.3) is 0 Å². The number of thioether (sulfide) groups is 1. The average Bonchev–Trinajstić information content (AvgIpc) is 3.48. The Morgan fingerprint density at radius 2 is 2.10 bits per heavy atom. The van der Waals surface area contributed by atoms with Gasteiger partial charge in [-0.15, -0.1) is 21.5 Å². The molecule has 2 aliphatic carbocycles. The van der Waals surface area contributed by atoms with Crippen LogP contribution in [0.3, 0.4) is 0 Å². The third kappa shape index (κ3) is 4.28. The van der Waals surface area contributed by atoms with Gasteiger partial charge in [-0.1, -0.05) is 37.9 Å². The molecule has 2 aliphatic rings. The molecule has 1 atom stereocenters. The first-order valence-electron chi connectivity index (χ1n) is 11.0. The van der Waals surface area contributed by atoms with Crippen molar-refractivity contribution in [3.05, 3.63) is 21.8 Å². The molecule has 2 aromatic heterocycles. The molecule has 0 aromatic carbocycles. The summed E-state index contributed by atoms with van der Waals surface area (Å²) in [7, 11) is 0. The molecule has 0 spiro atoms. The van der Waals surface area contributed by atoms with Crippen LogP contribution in [0.15, 0.2) is 5.16 Å². The fourth-order valence-electron chi connectivity index (χ4n) is 4.69. The Labute approximate surface area is 186 Å². The van der Waals surface area contributed by atoms with Gasteiger partial charge in [0.25, 0.3) is 0 Å². The number of amides is 1. The molecule has 2 aromatic rings. The van der Waals surface area contributed by atoms with Crippen LogP contribution in [0.5, 0.6) is 0 Å². The summed E-state index contributed by atoms with van der Waals surface area (Å²) in [5, 5.41) is 23.0. The molecule has 160 valence electrons. The molecule has 6 nitrogen and oxygen atoms in total. The Bertz CT molecular complexity index is 952. The largest absolute Gasteiger partial charge is 0.316 e. The van der Waals surface area contributed by atoms with Gasteiger partial charge in [-0.05, 0) is 50.5 Å². The van der Waals surface area contributed by atoms with E-state index in [9.17, 15) is 10.1 Å². The Morgan fingerprint density at radius 1 is 1.30 bits per heavy atom. The molecule has 1 saturated carbocycles. The maximum atomic E-state index is 12.7. The molecule has 0 aliphatic heterocycles. The second kappa shape index (κ2) is 9.52. The van der Waals surface area contributed by atoms with Crippen molar-refractivity contribution in [1.82, 2.24) is 14.8 Å². The molecule has 1 unspecified atom stereocenters. The summed E-state index contributed by atoms with van der Waals surface area (Å²) >= 11 is 3.02. The van der Waals surface area contributed by atoms with E-state index in [1.807, 2.05) is 0 Å². The average molecular weight is 444 g/mol. The fourth-order valence-corrected chi connectivity index (χ4v) is 6.83. The van der Waals surface area contributed by atoms with Crippen molar-refractivity contribution < 1.29 is 4.79 Å². The number of rotatable bonds is 7. The summed E-state index contributed by atoms with van der Waals surface area (Å²) in [5.41, 5.74) is 1.82. The van der Waals surface area contributed by atoms with E-state index in [0.717, 1.165) is 42.4 Å². The number of anilines is 1. The third-order valence-corrected chi connectivity index (χ3v) is 8.56. The third-order valence-electron chi connectivity index (χ3n) is 6.42. The Morgan fingerprint density at radius 3 is 2.80 bits per heavy atom. The topological polar surface area (TPSA) is 83.6 Å². The van der Waals surface area contributed by atoms with Gasteiger partial charge in [0.1, 0.15) is 16.9 Å². The van der Waals surface area contributed by atoms with Crippen molar-refractivity contribution in [2.75, 3.05) is 11.1 Å².